The van der Waals surface area contributed by atoms with Crippen LogP contribution in [0.1, 0.15) is 23.8 Å². The quantitative estimate of drug-likeness (QED) is 0.775. The number of para-hydroxylation sites is 2. The summed E-state index contributed by atoms with van der Waals surface area (Å²) in [4.78, 5) is 8.35. The number of aromatic nitrogens is 4. The summed E-state index contributed by atoms with van der Waals surface area (Å²) in [6, 6.07) is 7.97. The number of aryl methyl sites for hydroxylation is 2. The number of halogens is 3. The molecule has 8 heteroatoms. The standard InChI is InChI=1S/C18H20F3N5/c1-25-14-5-3-2-4-13(14)23-17(25)9-22-8-12-6-7-16-24-15(18(19,20)21)11-26(16)10-12/h2-5,11-12,22H,6-10H2,1H3/t12-/m1/s1. The lowest BCUT2D eigenvalue weighted by Crippen LogP contribution is -2.30. The molecule has 3 heterocycles. The molecule has 0 amide bonds. The first kappa shape index (κ1) is 17.1. The summed E-state index contributed by atoms with van der Waals surface area (Å²) in [5, 5.41) is 3.40. The largest absolute Gasteiger partial charge is 0.434 e. The van der Waals surface area contributed by atoms with E-state index in [1.807, 2.05) is 31.3 Å². The van der Waals surface area contributed by atoms with Gasteiger partial charge in [0.1, 0.15) is 11.6 Å². The van der Waals surface area contributed by atoms with E-state index in [1.165, 1.54) is 0 Å². The number of rotatable bonds is 4. The van der Waals surface area contributed by atoms with Crippen LogP contribution in [0.15, 0.2) is 30.5 Å². The third kappa shape index (κ3) is 3.21. The molecule has 0 aliphatic carbocycles. The SMILES string of the molecule is Cn1c(CNC[C@H]2CCc3nc(C(F)(F)F)cn3C2)nc2ccccc21. The van der Waals surface area contributed by atoms with Crippen molar-refractivity contribution in [2.24, 2.45) is 13.0 Å². The molecule has 2 aromatic heterocycles. The van der Waals surface area contributed by atoms with Crippen molar-refractivity contribution in [3.63, 3.8) is 0 Å². The van der Waals surface area contributed by atoms with Gasteiger partial charge in [-0.15, -0.1) is 0 Å². The zero-order valence-corrected chi connectivity index (χ0v) is 14.4. The molecule has 1 aliphatic rings. The molecule has 4 rings (SSSR count). The Bertz CT molecular complexity index is 925. The maximum atomic E-state index is 12.8. The predicted molar refractivity (Wildman–Crippen MR) is 91.5 cm³/mol. The molecule has 1 aromatic carbocycles. The van der Waals surface area contributed by atoms with Crippen molar-refractivity contribution in [3.8, 4) is 0 Å². The van der Waals surface area contributed by atoms with Crippen molar-refractivity contribution < 1.29 is 13.2 Å². The number of hydrogen-bond donors (Lipinski definition) is 1. The van der Waals surface area contributed by atoms with Gasteiger partial charge in [-0.3, -0.25) is 0 Å². The number of nitrogens with one attached hydrogen (secondary N) is 1. The van der Waals surface area contributed by atoms with Crippen LogP contribution in [-0.2, 0) is 32.7 Å². The number of nitrogens with zero attached hydrogens (tertiary/aromatic N) is 4. The number of imidazole rings is 2. The van der Waals surface area contributed by atoms with Gasteiger partial charge in [0.15, 0.2) is 5.69 Å². The van der Waals surface area contributed by atoms with E-state index >= 15 is 0 Å². The molecule has 0 spiro atoms. The second-order valence-corrected chi connectivity index (χ2v) is 6.80. The van der Waals surface area contributed by atoms with Crippen LogP contribution in [0.25, 0.3) is 11.0 Å². The molecule has 0 bridgehead atoms. The van der Waals surface area contributed by atoms with Crippen LogP contribution in [0.5, 0.6) is 0 Å². The summed E-state index contributed by atoms with van der Waals surface area (Å²) >= 11 is 0. The summed E-state index contributed by atoms with van der Waals surface area (Å²) in [6.07, 6.45) is -1.83. The lowest BCUT2D eigenvalue weighted by Gasteiger charge is -2.23. The van der Waals surface area contributed by atoms with E-state index in [0.29, 0.717) is 25.3 Å². The maximum absolute atomic E-state index is 12.8. The average Bonchev–Trinajstić information content (AvgIpc) is 3.17. The Balaban J connectivity index is 1.37. The van der Waals surface area contributed by atoms with Gasteiger partial charge in [0.25, 0.3) is 0 Å². The van der Waals surface area contributed by atoms with Gasteiger partial charge in [-0.25, -0.2) is 9.97 Å². The second-order valence-electron chi connectivity index (χ2n) is 6.80. The summed E-state index contributed by atoms with van der Waals surface area (Å²) < 4.78 is 42.1. The molecule has 3 aromatic rings. The molecule has 5 nitrogen and oxygen atoms in total. The van der Waals surface area contributed by atoms with Crippen LogP contribution < -0.4 is 5.32 Å². The number of benzene rings is 1. The molecule has 0 radical (unpaired) electrons. The van der Waals surface area contributed by atoms with E-state index in [0.717, 1.165) is 36.0 Å². The summed E-state index contributed by atoms with van der Waals surface area (Å²) in [5.41, 5.74) is 1.26. The molecule has 0 fully saturated rings. The van der Waals surface area contributed by atoms with Crippen LogP contribution >= 0.6 is 0 Å². The molecular formula is C18H20F3N5. The van der Waals surface area contributed by atoms with Gasteiger partial charge >= 0.3 is 6.18 Å². The zero-order valence-electron chi connectivity index (χ0n) is 14.4. The highest BCUT2D eigenvalue weighted by atomic mass is 19.4. The fourth-order valence-corrected chi connectivity index (χ4v) is 3.56. The number of alkyl halides is 3. The molecule has 0 saturated carbocycles. The highest BCUT2D eigenvalue weighted by Crippen LogP contribution is 2.30. The maximum Gasteiger partial charge on any atom is 0.434 e. The van der Waals surface area contributed by atoms with Crippen LogP contribution in [0.2, 0.25) is 0 Å². The molecule has 1 atom stereocenters. The first-order valence-corrected chi connectivity index (χ1v) is 8.66. The van der Waals surface area contributed by atoms with E-state index in [2.05, 4.69) is 19.9 Å². The lowest BCUT2D eigenvalue weighted by molar-refractivity contribution is -0.141. The van der Waals surface area contributed by atoms with E-state index < -0.39 is 11.9 Å². The lowest BCUT2D eigenvalue weighted by atomic mass is 9.99. The third-order valence-electron chi connectivity index (χ3n) is 4.98. The van der Waals surface area contributed by atoms with Crippen LogP contribution in [0, 0.1) is 5.92 Å². The Morgan fingerprint density at radius 3 is 2.81 bits per heavy atom. The molecule has 26 heavy (non-hydrogen) atoms. The Morgan fingerprint density at radius 1 is 1.23 bits per heavy atom. The van der Waals surface area contributed by atoms with Crippen molar-refractivity contribution in [2.45, 2.75) is 32.1 Å². The Kier molecular flexibility index (Phi) is 4.22. The Morgan fingerprint density at radius 2 is 2.04 bits per heavy atom. The molecular weight excluding hydrogens is 343 g/mol. The number of hydrogen-bond acceptors (Lipinski definition) is 3. The van der Waals surface area contributed by atoms with Gasteiger partial charge < -0.3 is 14.5 Å². The molecule has 0 unspecified atom stereocenters. The van der Waals surface area contributed by atoms with Gasteiger partial charge in [-0.1, -0.05) is 12.1 Å². The Hall–Kier alpha value is -2.35. The summed E-state index contributed by atoms with van der Waals surface area (Å²) in [5.74, 6) is 1.76. The second kappa shape index (κ2) is 6.42. The molecule has 0 saturated heterocycles. The monoisotopic (exact) mass is 363 g/mol. The number of fused-ring (bicyclic) bond motifs is 2. The highest BCUT2D eigenvalue weighted by molar-refractivity contribution is 5.75. The van der Waals surface area contributed by atoms with Crippen LogP contribution in [0.3, 0.4) is 0 Å². The summed E-state index contributed by atoms with van der Waals surface area (Å²) in [6.45, 7) is 1.93. The van der Waals surface area contributed by atoms with E-state index in [-0.39, 0.29) is 5.92 Å². The third-order valence-corrected chi connectivity index (χ3v) is 4.98. The smallest absolute Gasteiger partial charge is 0.334 e. The van der Waals surface area contributed by atoms with E-state index in [9.17, 15) is 13.2 Å². The zero-order chi connectivity index (χ0) is 18.3. The Labute approximate surface area is 148 Å². The van der Waals surface area contributed by atoms with Gasteiger partial charge in [0.05, 0.1) is 17.6 Å². The minimum atomic E-state index is -4.38. The first-order chi connectivity index (χ1) is 12.4. The van der Waals surface area contributed by atoms with E-state index in [4.69, 9.17) is 0 Å². The predicted octanol–water partition coefficient (Wildman–Crippen LogP) is 3.14. The molecule has 1 N–H and O–H groups in total. The van der Waals surface area contributed by atoms with Crippen molar-refractivity contribution in [1.29, 1.82) is 0 Å². The molecule has 1 aliphatic heterocycles. The topological polar surface area (TPSA) is 47.7 Å². The van der Waals surface area contributed by atoms with Crippen molar-refractivity contribution in [3.05, 3.63) is 47.8 Å². The van der Waals surface area contributed by atoms with Crippen LogP contribution in [0.4, 0.5) is 13.2 Å². The van der Waals surface area contributed by atoms with Crippen molar-refractivity contribution in [1.82, 2.24) is 24.4 Å². The normalized spacial score (nSPS) is 17.6. The van der Waals surface area contributed by atoms with Gasteiger partial charge in [-0.05, 0) is 24.5 Å². The van der Waals surface area contributed by atoms with E-state index in [1.54, 1.807) is 4.57 Å². The fraction of sp³-hybridized carbons (Fsp3) is 0.444. The highest BCUT2D eigenvalue weighted by Gasteiger charge is 2.35. The molecule has 138 valence electrons. The van der Waals surface area contributed by atoms with Crippen LogP contribution in [-0.4, -0.2) is 25.6 Å². The van der Waals surface area contributed by atoms with Crippen molar-refractivity contribution in [2.75, 3.05) is 6.54 Å². The van der Waals surface area contributed by atoms with Gasteiger partial charge in [-0.2, -0.15) is 13.2 Å². The fourth-order valence-electron chi connectivity index (χ4n) is 3.56. The summed E-state index contributed by atoms with van der Waals surface area (Å²) in [7, 11) is 1.99. The van der Waals surface area contributed by atoms with Crippen molar-refractivity contribution >= 4 is 11.0 Å². The minimum Gasteiger partial charge on any atom is -0.334 e. The first-order valence-electron chi connectivity index (χ1n) is 8.66. The van der Waals surface area contributed by atoms with Gasteiger partial charge in [0.2, 0.25) is 0 Å². The van der Waals surface area contributed by atoms with Gasteiger partial charge in [0, 0.05) is 32.8 Å². The minimum absolute atomic E-state index is 0.285. The average molecular weight is 363 g/mol.